The van der Waals surface area contributed by atoms with Gasteiger partial charge >= 0.3 is 0 Å². The number of hydrogen-bond acceptors (Lipinski definition) is 6. The highest BCUT2D eigenvalue weighted by Gasteiger charge is 2.37. The molecule has 7 nitrogen and oxygen atoms in total. The van der Waals surface area contributed by atoms with E-state index in [1.165, 1.54) is 29.8 Å². The van der Waals surface area contributed by atoms with Gasteiger partial charge in [0.15, 0.2) is 0 Å². The lowest BCUT2D eigenvalue weighted by molar-refractivity contribution is -0.384. The maximum absolute atomic E-state index is 10.8. The molecule has 152 valence electrons. The van der Waals surface area contributed by atoms with Crippen LogP contribution in [0.1, 0.15) is 31.1 Å². The van der Waals surface area contributed by atoms with Crippen molar-refractivity contribution in [2.75, 3.05) is 18.6 Å². The number of nitrogens with zero attached hydrogens (tertiary/aromatic N) is 3. The Morgan fingerprint density at radius 1 is 1.21 bits per heavy atom. The number of aliphatic hydroxyl groups excluding tert-OH is 2. The monoisotopic (exact) mass is 395 g/mol. The van der Waals surface area contributed by atoms with Crippen LogP contribution in [-0.2, 0) is 5.41 Å². The Balaban J connectivity index is 1.80. The Kier molecular flexibility index (Phi) is 5.81. The van der Waals surface area contributed by atoms with Crippen LogP contribution in [0.25, 0.3) is 0 Å². The second-order valence-corrected chi connectivity index (χ2v) is 7.59. The van der Waals surface area contributed by atoms with Crippen molar-refractivity contribution in [3.05, 3.63) is 81.5 Å². The molecule has 1 aliphatic heterocycles. The summed E-state index contributed by atoms with van der Waals surface area (Å²) in [5, 5.41) is 31.0. The summed E-state index contributed by atoms with van der Waals surface area (Å²) in [4.78, 5) is 16.7. The van der Waals surface area contributed by atoms with Gasteiger partial charge in [-0.15, -0.1) is 0 Å². The molecule has 7 heteroatoms. The standard InChI is InChI=1S/C22H25N3O4/c1-22(2)17-6-4-5-7-19(17)24(3)20(22)12-13-23-18(14-26)21(27)15-8-10-16(11-9-15)25(28)29/h4-13,18,21,26-27H,14H2,1-3H3/b20-12-,23-13?. The van der Waals surface area contributed by atoms with Crippen LogP contribution in [0, 0.1) is 10.1 Å². The van der Waals surface area contributed by atoms with Crippen molar-refractivity contribution in [2.45, 2.75) is 31.4 Å². The van der Waals surface area contributed by atoms with Gasteiger partial charge in [0.05, 0.1) is 11.5 Å². The highest BCUT2D eigenvalue weighted by atomic mass is 16.6. The molecule has 3 rings (SSSR count). The Labute approximate surface area is 169 Å². The van der Waals surface area contributed by atoms with Gasteiger partial charge in [0.1, 0.15) is 12.1 Å². The van der Waals surface area contributed by atoms with E-state index in [0.717, 1.165) is 11.4 Å². The predicted octanol–water partition coefficient (Wildman–Crippen LogP) is 3.37. The number of para-hydroxylation sites is 1. The Morgan fingerprint density at radius 2 is 1.86 bits per heavy atom. The average Bonchev–Trinajstić information content (AvgIpc) is 2.91. The highest BCUT2D eigenvalue weighted by molar-refractivity contribution is 5.79. The number of rotatable bonds is 6. The first kappa shape index (κ1) is 20.7. The number of allylic oxidation sites excluding steroid dienone is 2. The zero-order chi connectivity index (χ0) is 21.2. The molecule has 0 spiro atoms. The van der Waals surface area contributed by atoms with Gasteiger partial charge in [0.25, 0.3) is 5.69 Å². The minimum absolute atomic E-state index is 0.0548. The van der Waals surface area contributed by atoms with Crippen LogP contribution in [0.15, 0.2) is 65.3 Å². The first-order valence-corrected chi connectivity index (χ1v) is 9.37. The molecule has 0 fully saturated rings. The van der Waals surface area contributed by atoms with Crippen LogP contribution in [0.4, 0.5) is 11.4 Å². The summed E-state index contributed by atoms with van der Waals surface area (Å²) >= 11 is 0. The number of fused-ring (bicyclic) bond motifs is 1. The van der Waals surface area contributed by atoms with Gasteiger partial charge in [-0.05, 0) is 35.4 Å². The van der Waals surface area contributed by atoms with E-state index in [0.29, 0.717) is 5.56 Å². The maximum Gasteiger partial charge on any atom is 0.269 e. The number of anilines is 1. The SMILES string of the molecule is CN1/C(=C\C=NC(CO)C(O)c2ccc([N+](=O)[O-])cc2)C(C)(C)c2ccccc21. The number of nitro benzene ring substituents is 1. The largest absolute Gasteiger partial charge is 0.394 e. The van der Waals surface area contributed by atoms with Crippen molar-refractivity contribution >= 4 is 17.6 Å². The molecular formula is C22H25N3O4. The summed E-state index contributed by atoms with van der Waals surface area (Å²) in [5.41, 5.74) is 3.65. The van der Waals surface area contributed by atoms with Gasteiger partial charge < -0.3 is 15.1 Å². The second-order valence-electron chi connectivity index (χ2n) is 7.59. The zero-order valence-corrected chi connectivity index (χ0v) is 16.7. The number of benzene rings is 2. The molecule has 0 radical (unpaired) electrons. The molecule has 0 aliphatic carbocycles. The lowest BCUT2D eigenvalue weighted by Gasteiger charge is -2.23. The number of non-ortho nitro benzene ring substituents is 1. The second kappa shape index (κ2) is 8.14. The summed E-state index contributed by atoms with van der Waals surface area (Å²) in [5.74, 6) is 0. The third kappa shape index (κ3) is 3.92. The quantitative estimate of drug-likeness (QED) is 0.444. The van der Waals surface area contributed by atoms with Gasteiger partial charge in [-0.3, -0.25) is 15.1 Å². The van der Waals surface area contributed by atoms with E-state index in [4.69, 9.17) is 0 Å². The molecule has 1 aliphatic rings. The van der Waals surface area contributed by atoms with Crippen LogP contribution < -0.4 is 4.90 Å². The van der Waals surface area contributed by atoms with Crippen LogP contribution in [0.3, 0.4) is 0 Å². The third-order valence-electron chi connectivity index (χ3n) is 5.45. The van der Waals surface area contributed by atoms with Gasteiger partial charge in [0.2, 0.25) is 0 Å². The van der Waals surface area contributed by atoms with E-state index in [1.54, 1.807) is 6.21 Å². The predicted molar refractivity (Wildman–Crippen MR) is 113 cm³/mol. The zero-order valence-electron chi connectivity index (χ0n) is 16.7. The lowest BCUT2D eigenvalue weighted by Crippen LogP contribution is -2.23. The molecule has 2 unspecified atom stereocenters. The first-order valence-electron chi connectivity index (χ1n) is 9.37. The van der Waals surface area contributed by atoms with Crippen molar-refractivity contribution in [3.8, 4) is 0 Å². The molecule has 0 bridgehead atoms. The molecule has 2 atom stereocenters. The Bertz CT molecular complexity index is 951. The van der Waals surface area contributed by atoms with Crippen molar-refractivity contribution < 1.29 is 15.1 Å². The van der Waals surface area contributed by atoms with E-state index in [1.807, 2.05) is 25.3 Å². The third-order valence-corrected chi connectivity index (χ3v) is 5.45. The van der Waals surface area contributed by atoms with Crippen LogP contribution in [0.5, 0.6) is 0 Å². The van der Waals surface area contributed by atoms with E-state index < -0.39 is 17.1 Å². The number of hydrogen-bond donors (Lipinski definition) is 2. The highest BCUT2D eigenvalue weighted by Crippen LogP contribution is 2.46. The van der Waals surface area contributed by atoms with Crippen LogP contribution in [-0.4, -0.2) is 41.0 Å². The van der Waals surface area contributed by atoms with E-state index >= 15 is 0 Å². The molecule has 29 heavy (non-hydrogen) atoms. The summed E-state index contributed by atoms with van der Waals surface area (Å²) in [6.45, 7) is 3.94. The first-order chi connectivity index (χ1) is 13.8. The summed E-state index contributed by atoms with van der Waals surface area (Å²) in [6, 6.07) is 13.0. The van der Waals surface area contributed by atoms with E-state index in [-0.39, 0.29) is 17.7 Å². The minimum atomic E-state index is -1.07. The molecule has 0 saturated heterocycles. The van der Waals surface area contributed by atoms with Gasteiger partial charge in [0, 0.05) is 42.2 Å². The normalized spacial score (nSPS) is 18.8. The smallest absolute Gasteiger partial charge is 0.269 e. The molecule has 2 aromatic carbocycles. The number of aliphatic imine (C=N–C) groups is 1. The molecule has 0 amide bonds. The summed E-state index contributed by atoms with van der Waals surface area (Å²) in [6.07, 6.45) is 2.43. The molecule has 2 N–H and O–H groups in total. The summed E-state index contributed by atoms with van der Waals surface area (Å²) < 4.78 is 0. The van der Waals surface area contributed by atoms with Crippen LogP contribution >= 0.6 is 0 Å². The number of aliphatic hydroxyl groups is 2. The molecule has 2 aromatic rings. The van der Waals surface area contributed by atoms with E-state index in [9.17, 15) is 20.3 Å². The molecule has 1 heterocycles. The molecule has 0 aromatic heterocycles. The number of nitro groups is 1. The Hall–Kier alpha value is -3.03. The van der Waals surface area contributed by atoms with Gasteiger partial charge in [-0.1, -0.05) is 32.0 Å². The fourth-order valence-corrected chi connectivity index (χ4v) is 3.77. The fraction of sp³-hybridized carbons (Fsp3) is 0.318. The van der Waals surface area contributed by atoms with Crippen molar-refractivity contribution in [2.24, 2.45) is 4.99 Å². The Morgan fingerprint density at radius 3 is 2.45 bits per heavy atom. The maximum atomic E-state index is 10.8. The topological polar surface area (TPSA) is 99.2 Å². The molecule has 0 saturated carbocycles. The van der Waals surface area contributed by atoms with Crippen molar-refractivity contribution in [1.82, 2.24) is 0 Å². The summed E-state index contributed by atoms with van der Waals surface area (Å²) in [7, 11) is 2.00. The van der Waals surface area contributed by atoms with Gasteiger partial charge in [-0.2, -0.15) is 0 Å². The molecular weight excluding hydrogens is 370 g/mol. The van der Waals surface area contributed by atoms with Crippen molar-refractivity contribution in [3.63, 3.8) is 0 Å². The van der Waals surface area contributed by atoms with Crippen LogP contribution in [0.2, 0.25) is 0 Å². The fourth-order valence-electron chi connectivity index (χ4n) is 3.77. The van der Waals surface area contributed by atoms with Gasteiger partial charge in [-0.25, -0.2) is 0 Å². The lowest BCUT2D eigenvalue weighted by atomic mass is 9.84. The minimum Gasteiger partial charge on any atom is -0.394 e. The van der Waals surface area contributed by atoms with E-state index in [2.05, 4.69) is 35.9 Å². The van der Waals surface area contributed by atoms with Crippen molar-refractivity contribution in [1.29, 1.82) is 0 Å². The average molecular weight is 395 g/mol. The number of likely N-dealkylation sites (N-methyl/N-ethyl adjacent to an activating group) is 1.